The van der Waals surface area contributed by atoms with Gasteiger partial charge in [0.1, 0.15) is 5.58 Å². The molecule has 0 atom stereocenters. The third kappa shape index (κ3) is 2.87. The third-order valence-electron chi connectivity index (χ3n) is 6.20. The Morgan fingerprint density at radius 3 is 2.32 bits per heavy atom. The van der Waals surface area contributed by atoms with Crippen molar-refractivity contribution >= 4 is 28.2 Å². The van der Waals surface area contributed by atoms with Crippen molar-refractivity contribution in [2.75, 3.05) is 4.90 Å². The first-order valence-electron chi connectivity index (χ1n) is 10.8. The molecule has 0 bridgehead atoms. The fraction of sp³-hybridized carbons (Fsp3) is 0.103. The molecule has 2 heteroatoms. The van der Waals surface area contributed by atoms with Gasteiger partial charge < -0.3 is 4.42 Å². The van der Waals surface area contributed by atoms with E-state index in [4.69, 9.17) is 4.42 Å². The molecule has 6 rings (SSSR count). The molecular formula is C29H23NO. The molecule has 0 saturated carbocycles. The van der Waals surface area contributed by atoms with Gasteiger partial charge in [0.25, 0.3) is 0 Å². The summed E-state index contributed by atoms with van der Waals surface area (Å²) in [6.45, 7) is 4.30. The summed E-state index contributed by atoms with van der Waals surface area (Å²) in [5, 5.41) is 1.21. The third-order valence-corrected chi connectivity index (χ3v) is 6.20. The van der Waals surface area contributed by atoms with E-state index in [9.17, 15) is 0 Å². The molecule has 150 valence electrons. The maximum Gasteiger partial charge on any atom is 0.209 e. The van der Waals surface area contributed by atoms with Crippen LogP contribution >= 0.6 is 0 Å². The van der Waals surface area contributed by atoms with Crippen molar-refractivity contribution in [3.05, 3.63) is 113 Å². The first-order valence-corrected chi connectivity index (χ1v) is 10.8. The van der Waals surface area contributed by atoms with Gasteiger partial charge in [-0.1, -0.05) is 77.9 Å². The van der Waals surface area contributed by atoms with Gasteiger partial charge >= 0.3 is 0 Å². The Hall–Kier alpha value is -3.78. The number of nitrogens with zero attached hydrogens (tertiary/aromatic N) is 1. The lowest BCUT2D eigenvalue weighted by molar-refractivity contribution is 0.614. The van der Waals surface area contributed by atoms with Crippen molar-refractivity contribution in [1.29, 1.82) is 0 Å². The lowest BCUT2D eigenvalue weighted by Crippen LogP contribution is -2.18. The quantitative estimate of drug-likeness (QED) is 0.291. The number of fused-ring (bicyclic) bond motifs is 4. The number of benzene rings is 4. The van der Waals surface area contributed by atoms with Crippen LogP contribution in [0.2, 0.25) is 0 Å². The van der Waals surface area contributed by atoms with Crippen LogP contribution in [-0.2, 0) is 6.42 Å². The molecule has 0 spiro atoms. The maximum atomic E-state index is 6.52. The van der Waals surface area contributed by atoms with Crippen LogP contribution in [0.5, 0.6) is 0 Å². The Bertz CT molecular complexity index is 1430. The zero-order chi connectivity index (χ0) is 20.9. The van der Waals surface area contributed by atoms with E-state index < -0.39 is 0 Å². The van der Waals surface area contributed by atoms with Gasteiger partial charge in [-0.25, -0.2) is 0 Å². The molecule has 0 unspecified atom stereocenters. The Morgan fingerprint density at radius 2 is 1.45 bits per heavy atom. The van der Waals surface area contributed by atoms with E-state index in [2.05, 4.69) is 110 Å². The SMILES string of the molecule is Cc1ccc2c(c1)Cc1c(oc3ccc(C)cc13)N2c1ccccc1-c1ccccc1. The average molecular weight is 402 g/mol. The van der Waals surface area contributed by atoms with Crippen LogP contribution in [0, 0.1) is 13.8 Å². The molecule has 1 aliphatic rings. The largest absolute Gasteiger partial charge is 0.439 e. The number of para-hydroxylation sites is 1. The van der Waals surface area contributed by atoms with Crippen LogP contribution in [-0.4, -0.2) is 0 Å². The molecule has 0 N–H and O–H groups in total. The summed E-state index contributed by atoms with van der Waals surface area (Å²) in [6.07, 6.45) is 0.882. The number of hydrogen-bond donors (Lipinski definition) is 0. The highest BCUT2D eigenvalue weighted by Crippen LogP contribution is 2.50. The summed E-state index contributed by atoms with van der Waals surface area (Å²) < 4.78 is 6.52. The molecule has 0 radical (unpaired) electrons. The van der Waals surface area contributed by atoms with E-state index in [0.29, 0.717) is 0 Å². The minimum Gasteiger partial charge on any atom is -0.439 e. The standard InChI is InChI=1S/C29H23NO/c1-19-12-14-26-22(16-19)18-25-24-17-20(2)13-15-28(24)31-29(25)30(26)27-11-7-6-10-23(27)21-8-4-3-5-9-21/h3-17H,18H2,1-2H3. The Balaban J connectivity index is 1.66. The molecule has 0 fully saturated rings. The highest BCUT2D eigenvalue weighted by molar-refractivity contribution is 5.96. The van der Waals surface area contributed by atoms with Crippen LogP contribution in [0.4, 0.5) is 17.3 Å². The molecule has 2 heterocycles. The van der Waals surface area contributed by atoms with Gasteiger partial charge in [-0.2, -0.15) is 0 Å². The van der Waals surface area contributed by atoms with Gasteiger partial charge in [0.05, 0.1) is 11.4 Å². The number of hydrogen-bond acceptors (Lipinski definition) is 2. The van der Waals surface area contributed by atoms with Crippen molar-refractivity contribution in [3.63, 3.8) is 0 Å². The first-order chi connectivity index (χ1) is 15.2. The van der Waals surface area contributed by atoms with Gasteiger partial charge in [0.15, 0.2) is 0 Å². The van der Waals surface area contributed by atoms with Crippen LogP contribution < -0.4 is 4.90 Å². The summed E-state index contributed by atoms with van der Waals surface area (Å²) in [5.74, 6) is 0.931. The molecular weight excluding hydrogens is 378 g/mol. The molecule has 2 nitrogen and oxygen atoms in total. The molecule has 0 saturated heterocycles. The predicted molar refractivity (Wildman–Crippen MR) is 129 cm³/mol. The second-order valence-electron chi connectivity index (χ2n) is 8.41. The second kappa shape index (κ2) is 6.88. The summed E-state index contributed by atoms with van der Waals surface area (Å²) in [6, 6.07) is 32.4. The molecule has 4 aromatic carbocycles. The average Bonchev–Trinajstić information content (AvgIpc) is 3.15. The monoisotopic (exact) mass is 401 g/mol. The molecule has 31 heavy (non-hydrogen) atoms. The van der Waals surface area contributed by atoms with E-state index >= 15 is 0 Å². The summed E-state index contributed by atoms with van der Waals surface area (Å²) >= 11 is 0. The van der Waals surface area contributed by atoms with Crippen molar-refractivity contribution in [2.45, 2.75) is 20.3 Å². The predicted octanol–water partition coefficient (Wildman–Crippen LogP) is 8.09. The lowest BCUT2D eigenvalue weighted by atomic mass is 9.93. The van der Waals surface area contributed by atoms with Gasteiger partial charge in [0.2, 0.25) is 5.88 Å². The smallest absolute Gasteiger partial charge is 0.209 e. The lowest BCUT2D eigenvalue weighted by Gasteiger charge is -2.31. The number of rotatable bonds is 2. The second-order valence-corrected chi connectivity index (χ2v) is 8.41. The fourth-order valence-electron chi connectivity index (χ4n) is 4.74. The summed E-state index contributed by atoms with van der Waals surface area (Å²) in [5.41, 5.74) is 10.8. The van der Waals surface area contributed by atoms with Crippen LogP contribution in [0.15, 0.2) is 95.4 Å². The zero-order valence-electron chi connectivity index (χ0n) is 17.7. The number of aryl methyl sites for hydroxylation is 2. The van der Waals surface area contributed by atoms with Crippen molar-refractivity contribution < 1.29 is 4.42 Å². The highest BCUT2D eigenvalue weighted by atomic mass is 16.4. The van der Waals surface area contributed by atoms with Gasteiger partial charge in [-0.3, -0.25) is 4.90 Å². The number of anilines is 3. The highest BCUT2D eigenvalue weighted by Gasteiger charge is 2.30. The molecule has 0 aliphatic carbocycles. The van der Waals surface area contributed by atoms with Crippen molar-refractivity contribution in [3.8, 4) is 11.1 Å². The van der Waals surface area contributed by atoms with Gasteiger partial charge in [0, 0.05) is 22.9 Å². The van der Waals surface area contributed by atoms with E-state index in [1.54, 1.807) is 0 Å². The van der Waals surface area contributed by atoms with E-state index in [0.717, 1.165) is 23.6 Å². The molecule has 1 aromatic heterocycles. The fourth-order valence-corrected chi connectivity index (χ4v) is 4.74. The number of furan rings is 1. The minimum atomic E-state index is 0.882. The summed E-state index contributed by atoms with van der Waals surface area (Å²) in [7, 11) is 0. The Morgan fingerprint density at radius 1 is 0.710 bits per heavy atom. The van der Waals surface area contributed by atoms with Crippen LogP contribution in [0.1, 0.15) is 22.3 Å². The Kier molecular flexibility index (Phi) is 4.00. The van der Waals surface area contributed by atoms with Gasteiger partial charge in [-0.15, -0.1) is 0 Å². The van der Waals surface area contributed by atoms with E-state index in [1.165, 1.54) is 44.5 Å². The normalized spacial score (nSPS) is 12.6. The van der Waals surface area contributed by atoms with Crippen molar-refractivity contribution in [2.24, 2.45) is 0 Å². The molecule has 5 aromatic rings. The van der Waals surface area contributed by atoms with Crippen LogP contribution in [0.3, 0.4) is 0 Å². The van der Waals surface area contributed by atoms with E-state index in [1.807, 2.05) is 0 Å². The van der Waals surface area contributed by atoms with Gasteiger partial charge in [-0.05, 0) is 49.2 Å². The molecule has 0 amide bonds. The Labute approximate surface area is 182 Å². The van der Waals surface area contributed by atoms with Crippen LogP contribution in [0.25, 0.3) is 22.1 Å². The maximum absolute atomic E-state index is 6.52. The summed E-state index contributed by atoms with van der Waals surface area (Å²) in [4.78, 5) is 2.31. The van der Waals surface area contributed by atoms with E-state index in [-0.39, 0.29) is 0 Å². The first kappa shape index (κ1) is 18.0. The topological polar surface area (TPSA) is 16.4 Å². The zero-order valence-corrected chi connectivity index (χ0v) is 17.7. The van der Waals surface area contributed by atoms with Crippen molar-refractivity contribution in [1.82, 2.24) is 0 Å². The minimum absolute atomic E-state index is 0.882. The molecule has 1 aliphatic heterocycles.